The van der Waals surface area contributed by atoms with Gasteiger partial charge in [-0.2, -0.15) is 0 Å². The van der Waals surface area contributed by atoms with Crippen LogP contribution in [0, 0.1) is 29.1 Å². The van der Waals surface area contributed by atoms with E-state index in [2.05, 4.69) is 13.8 Å². The summed E-state index contributed by atoms with van der Waals surface area (Å²) in [6, 6.07) is 0. The second-order valence-corrected chi connectivity index (χ2v) is 6.35. The highest BCUT2D eigenvalue weighted by Crippen LogP contribution is 2.62. The predicted octanol–water partition coefficient (Wildman–Crippen LogP) is 3.86. The van der Waals surface area contributed by atoms with Crippen molar-refractivity contribution in [3.8, 4) is 0 Å². The molecule has 0 saturated heterocycles. The van der Waals surface area contributed by atoms with Crippen molar-refractivity contribution in [1.29, 1.82) is 0 Å². The fourth-order valence-electron chi connectivity index (χ4n) is 5.20. The topological polar surface area (TPSA) is 0 Å². The summed E-state index contributed by atoms with van der Waals surface area (Å²) in [5.74, 6) is 4.50. The standard InChI is InChI=1S/C13H22/c1-3-12-10-4-9-5-11(12)8-13(2,6-9)7-10/h9-12H,3-8H2,1-2H3. The van der Waals surface area contributed by atoms with Crippen molar-refractivity contribution in [3.63, 3.8) is 0 Å². The van der Waals surface area contributed by atoms with E-state index in [1.807, 2.05) is 0 Å². The monoisotopic (exact) mass is 178 g/mol. The summed E-state index contributed by atoms with van der Waals surface area (Å²) in [5.41, 5.74) is 0.780. The molecule has 0 heterocycles. The molecule has 4 fully saturated rings. The zero-order valence-corrected chi connectivity index (χ0v) is 9.05. The van der Waals surface area contributed by atoms with Crippen LogP contribution in [0.15, 0.2) is 0 Å². The van der Waals surface area contributed by atoms with Gasteiger partial charge in [0.2, 0.25) is 0 Å². The highest BCUT2D eigenvalue weighted by atomic mass is 14.6. The molecule has 2 unspecified atom stereocenters. The van der Waals surface area contributed by atoms with Crippen LogP contribution >= 0.6 is 0 Å². The number of hydrogen-bond acceptors (Lipinski definition) is 0. The maximum absolute atomic E-state index is 2.56. The summed E-state index contributed by atoms with van der Waals surface area (Å²) in [6.07, 6.45) is 9.33. The van der Waals surface area contributed by atoms with Crippen molar-refractivity contribution >= 4 is 0 Å². The highest BCUT2D eigenvalue weighted by molar-refractivity contribution is 5.02. The molecular weight excluding hydrogens is 156 g/mol. The van der Waals surface area contributed by atoms with Gasteiger partial charge in [-0.1, -0.05) is 20.3 Å². The smallest absolute Gasteiger partial charge is 0.0318 e. The van der Waals surface area contributed by atoms with Crippen molar-refractivity contribution in [3.05, 3.63) is 0 Å². The highest BCUT2D eigenvalue weighted by Gasteiger charge is 2.52. The first kappa shape index (κ1) is 8.32. The van der Waals surface area contributed by atoms with E-state index in [0.29, 0.717) is 0 Å². The van der Waals surface area contributed by atoms with Gasteiger partial charge in [0.15, 0.2) is 0 Å². The van der Waals surface area contributed by atoms with Gasteiger partial charge >= 0.3 is 0 Å². The molecule has 0 aromatic carbocycles. The van der Waals surface area contributed by atoms with Crippen LogP contribution in [0.2, 0.25) is 0 Å². The van der Waals surface area contributed by atoms with Crippen molar-refractivity contribution in [2.45, 2.75) is 52.4 Å². The Kier molecular flexibility index (Phi) is 1.61. The maximum Gasteiger partial charge on any atom is -0.0318 e. The Bertz CT molecular complexity index is 202. The second kappa shape index (κ2) is 2.52. The Labute approximate surface area is 82.1 Å². The molecule has 0 amide bonds. The lowest BCUT2D eigenvalue weighted by atomic mass is 9.46. The molecule has 0 radical (unpaired) electrons. The molecule has 4 aliphatic carbocycles. The van der Waals surface area contributed by atoms with Crippen molar-refractivity contribution in [1.82, 2.24) is 0 Å². The molecule has 74 valence electrons. The fraction of sp³-hybridized carbons (Fsp3) is 1.00. The minimum Gasteiger partial charge on any atom is -0.0651 e. The lowest BCUT2D eigenvalue weighted by Gasteiger charge is -2.59. The Morgan fingerprint density at radius 2 is 1.69 bits per heavy atom. The second-order valence-electron chi connectivity index (χ2n) is 6.35. The Balaban J connectivity index is 1.90. The van der Waals surface area contributed by atoms with Gasteiger partial charge in [0, 0.05) is 0 Å². The van der Waals surface area contributed by atoms with Gasteiger partial charge in [0.25, 0.3) is 0 Å². The first-order valence-corrected chi connectivity index (χ1v) is 6.20. The number of rotatable bonds is 1. The Hall–Kier alpha value is 0. The van der Waals surface area contributed by atoms with E-state index >= 15 is 0 Å². The molecule has 0 aliphatic heterocycles. The van der Waals surface area contributed by atoms with Crippen LogP contribution < -0.4 is 0 Å². The van der Waals surface area contributed by atoms with Gasteiger partial charge in [0.05, 0.1) is 0 Å². The van der Waals surface area contributed by atoms with E-state index in [1.165, 1.54) is 6.42 Å². The number of hydrogen-bond donors (Lipinski definition) is 0. The normalized spacial score (nSPS) is 58.6. The first-order chi connectivity index (χ1) is 6.20. The SMILES string of the molecule is CCC1C2CC3CC1CC(C)(C3)C2. The van der Waals surface area contributed by atoms with E-state index < -0.39 is 0 Å². The zero-order chi connectivity index (χ0) is 9.05. The summed E-state index contributed by atoms with van der Waals surface area (Å²) in [6.45, 7) is 4.97. The summed E-state index contributed by atoms with van der Waals surface area (Å²) < 4.78 is 0. The van der Waals surface area contributed by atoms with Crippen LogP contribution in [0.25, 0.3) is 0 Å². The molecule has 4 rings (SSSR count). The molecule has 4 saturated carbocycles. The van der Waals surface area contributed by atoms with Crippen LogP contribution in [0.3, 0.4) is 0 Å². The largest absolute Gasteiger partial charge is 0.0651 e. The molecule has 0 spiro atoms. The minimum atomic E-state index is 0.780. The third-order valence-electron chi connectivity index (χ3n) is 5.25. The summed E-state index contributed by atoms with van der Waals surface area (Å²) in [4.78, 5) is 0. The molecule has 4 bridgehead atoms. The van der Waals surface area contributed by atoms with Gasteiger partial charge in [-0.05, 0) is 61.2 Å². The van der Waals surface area contributed by atoms with Crippen LogP contribution in [0.4, 0.5) is 0 Å². The maximum atomic E-state index is 2.56. The molecule has 4 aliphatic rings. The summed E-state index contributed by atoms with van der Waals surface area (Å²) >= 11 is 0. The summed E-state index contributed by atoms with van der Waals surface area (Å²) in [5, 5.41) is 0. The third kappa shape index (κ3) is 1.10. The fourth-order valence-corrected chi connectivity index (χ4v) is 5.20. The predicted molar refractivity (Wildman–Crippen MR) is 55.4 cm³/mol. The molecule has 0 nitrogen and oxygen atoms in total. The minimum absolute atomic E-state index is 0.780. The van der Waals surface area contributed by atoms with Gasteiger partial charge < -0.3 is 0 Å². The van der Waals surface area contributed by atoms with Crippen LogP contribution in [0.1, 0.15) is 52.4 Å². The Morgan fingerprint density at radius 1 is 1.08 bits per heavy atom. The van der Waals surface area contributed by atoms with Crippen molar-refractivity contribution in [2.24, 2.45) is 29.1 Å². The van der Waals surface area contributed by atoms with E-state index in [0.717, 1.165) is 29.1 Å². The van der Waals surface area contributed by atoms with Crippen LogP contribution in [-0.4, -0.2) is 0 Å². The van der Waals surface area contributed by atoms with Crippen LogP contribution in [0.5, 0.6) is 0 Å². The molecule has 2 atom stereocenters. The van der Waals surface area contributed by atoms with Crippen LogP contribution in [-0.2, 0) is 0 Å². The van der Waals surface area contributed by atoms with E-state index in [-0.39, 0.29) is 0 Å². The third-order valence-corrected chi connectivity index (χ3v) is 5.25. The van der Waals surface area contributed by atoms with Gasteiger partial charge in [0.1, 0.15) is 0 Å². The van der Waals surface area contributed by atoms with E-state index in [1.54, 1.807) is 32.1 Å². The van der Waals surface area contributed by atoms with E-state index in [4.69, 9.17) is 0 Å². The molecule has 13 heavy (non-hydrogen) atoms. The molecule has 0 N–H and O–H groups in total. The Morgan fingerprint density at radius 3 is 2.15 bits per heavy atom. The lowest BCUT2D eigenvalue weighted by Crippen LogP contribution is -2.49. The summed E-state index contributed by atoms with van der Waals surface area (Å²) in [7, 11) is 0. The van der Waals surface area contributed by atoms with Gasteiger partial charge in [-0.15, -0.1) is 0 Å². The zero-order valence-electron chi connectivity index (χ0n) is 9.05. The molecule has 0 heteroatoms. The van der Waals surface area contributed by atoms with Crippen molar-refractivity contribution < 1.29 is 0 Å². The van der Waals surface area contributed by atoms with Gasteiger partial charge in [-0.3, -0.25) is 0 Å². The first-order valence-electron chi connectivity index (χ1n) is 6.20. The average molecular weight is 178 g/mol. The molecule has 0 aromatic heterocycles. The van der Waals surface area contributed by atoms with Crippen molar-refractivity contribution in [2.75, 3.05) is 0 Å². The molecular formula is C13H22. The lowest BCUT2D eigenvalue weighted by molar-refractivity contribution is -0.0868. The quantitative estimate of drug-likeness (QED) is 0.572. The van der Waals surface area contributed by atoms with E-state index in [9.17, 15) is 0 Å². The average Bonchev–Trinajstić information content (AvgIpc) is 2.00. The molecule has 0 aromatic rings. The van der Waals surface area contributed by atoms with Gasteiger partial charge in [-0.25, -0.2) is 0 Å².